The van der Waals surface area contributed by atoms with Crippen molar-refractivity contribution >= 4 is 23.9 Å². The molecule has 0 aliphatic heterocycles. The summed E-state index contributed by atoms with van der Waals surface area (Å²) in [6.07, 6.45) is 0. The van der Waals surface area contributed by atoms with Crippen molar-refractivity contribution in [2.75, 3.05) is 0 Å². The molecule has 0 N–H and O–H groups in total. The third kappa shape index (κ3) is 6.17. The van der Waals surface area contributed by atoms with E-state index in [9.17, 15) is 19.2 Å². The van der Waals surface area contributed by atoms with Gasteiger partial charge >= 0.3 is 168 Å². The van der Waals surface area contributed by atoms with E-state index in [1.54, 1.807) is 24.3 Å². The predicted octanol–water partition coefficient (Wildman–Crippen LogP) is 2.46. The van der Waals surface area contributed by atoms with Crippen LogP contribution in [0.15, 0.2) is 48.5 Å². The molecular weight excluding hydrogens is 545 g/mol. The summed E-state index contributed by atoms with van der Waals surface area (Å²) in [5.74, 6) is -2.50. The SMILES string of the molecule is CC(=O)Oc1ccccc1C(=O)[O][Hg][O]C(=O)c1ccccc1OC(C)=O. The summed E-state index contributed by atoms with van der Waals surface area (Å²) in [4.78, 5) is 46.5. The Hall–Kier alpha value is -2.74. The number of esters is 2. The van der Waals surface area contributed by atoms with Crippen molar-refractivity contribution in [2.24, 2.45) is 0 Å². The number of hydrogen-bond donors (Lipinski definition) is 0. The zero-order valence-electron chi connectivity index (χ0n) is 14.6. The van der Waals surface area contributed by atoms with E-state index in [1.807, 2.05) is 0 Å². The summed E-state index contributed by atoms with van der Waals surface area (Å²) in [6.45, 7) is 2.43. The fraction of sp³-hybridized carbons (Fsp3) is 0.111. The number of carbonyl (C=O) groups excluding carboxylic acids is 4. The first kappa shape index (κ1) is 20.6. The molecule has 0 aliphatic rings. The molecule has 27 heavy (non-hydrogen) atoms. The van der Waals surface area contributed by atoms with Crippen LogP contribution in [0.5, 0.6) is 11.5 Å². The van der Waals surface area contributed by atoms with Crippen molar-refractivity contribution in [3.63, 3.8) is 0 Å². The first-order chi connectivity index (χ1) is 12.9. The van der Waals surface area contributed by atoms with E-state index >= 15 is 0 Å². The van der Waals surface area contributed by atoms with Crippen LogP contribution in [0.25, 0.3) is 0 Å². The Bertz CT molecular complexity index is 806. The molecule has 0 unspecified atom stereocenters. The first-order valence-electron chi connectivity index (χ1n) is 7.77. The van der Waals surface area contributed by atoms with Crippen LogP contribution in [-0.2, 0) is 40.4 Å². The molecule has 0 heterocycles. The molecule has 0 spiro atoms. The summed E-state index contributed by atoms with van der Waals surface area (Å²) in [6, 6.07) is 12.2. The van der Waals surface area contributed by atoms with Crippen molar-refractivity contribution in [2.45, 2.75) is 13.8 Å². The second kappa shape index (κ2) is 9.82. The number of para-hydroxylation sites is 2. The Morgan fingerprint density at radius 3 is 1.41 bits per heavy atom. The molecule has 0 aromatic heterocycles. The third-order valence-electron chi connectivity index (χ3n) is 3.10. The van der Waals surface area contributed by atoms with Gasteiger partial charge in [-0.3, -0.25) is 0 Å². The maximum absolute atomic E-state index is 12.2. The molecule has 9 heteroatoms. The monoisotopic (exact) mass is 560 g/mol. The van der Waals surface area contributed by atoms with Gasteiger partial charge in [-0.15, -0.1) is 0 Å². The van der Waals surface area contributed by atoms with Gasteiger partial charge in [0.05, 0.1) is 0 Å². The molecule has 2 aromatic rings. The van der Waals surface area contributed by atoms with Gasteiger partial charge in [-0.2, -0.15) is 0 Å². The topological polar surface area (TPSA) is 105 Å². The molecule has 0 fully saturated rings. The normalized spacial score (nSPS) is 9.56. The van der Waals surface area contributed by atoms with Crippen LogP contribution in [0, 0.1) is 0 Å². The van der Waals surface area contributed by atoms with Gasteiger partial charge in [0.2, 0.25) is 0 Å². The molecule has 0 saturated carbocycles. The van der Waals surface area contributed by atoms with E-state index in [2.05, 4.69) is 0 Å². The molecule has 0 bridgehead atoms. The fourth-order valence-electron chi connectivity index (χ4n) is 2.05. The summed E-state index contributed by atoms with van der Waals surface area (Å²) in [5, 5.41) is 0. The molecule has 0 radical (unpaired) electrons. The second-order valence-electron chi connectivity index (χ2n) is 5.16. The van der Waals surface area contributed by atoms with Crippen molar-refractivity contribution in [3.05, 3.63) is 59.7 Å². The van der Waals surface area contributed by atoms with Crippen molar-refractivity contribution in [1.82, 2.24) is 0 Å². The number of benzene rings is 2. The zero-order chi connectivity index (χ0) is 19.8. The van der Waals surface area contributed by atoms with E-state index in [0.29, 0.717) is 0 Å². The Morgan fingerprint density at radius 2 is 1.04 bits per heavy atom. The van der Waals surface area contributed by atoms with E-state index < -0.39 is 49.4 Å². The average molecular weight is 559 g/mol. The van der Waals surface area contributed by atoms with Crippen molar-refractivity contribution in [1.29, 1.82) is 0 Å². The minimum absolute atomic E-state index is 0.0593. The molecule has 2 aromatic carbocycles. The van der Waals surface area contributed by atoms with Crippen LogP contribution in [-0.4, -0.2) is 23.9 Å². The van der Waals surface area contributed by atoms with Gasteiger partial charge in [0.15, 0.2) is 0 Å². The van der Waals surface area contributed by atoms with Gasteiger partial charge in [0.1, 0.15) is 0 Å². The minimum atomic E-state index is -2.85. The van der Waals surface area contributed by atoms with Gasteiger partial charge in [-0.1, -0.05) is 0 Å². The number of hydrogen-bond acceptors (Lipinski definition) is 8. The Morgan fingerprint density at radius 1 is 0.667 bits per heavy atom. The Kier molecular flexibility index (Phi) is 7.48. The Balaban J connectivity index is 1.99. The molecule has 0 aliphatic carbocycles. The van der Waals surface area contributed by atoms with Gasteiger partial charge in [0, 0.05) is 0 Å². The zero-order valence-corrected chi connectivity index (χ0v) is 20.1. The van der Waals surface area contributed by atoms with E-state index in [1.165, 1.54) is 38.1 Å². The standard InChI is InChI=1S/2C9H8O4.Hg/c2*1-6(10)13-8-5-3-2-4-7(8)9(11)12;/h2*2-5H,1H3,(H,11,12);/q;;+2/p-2. The maximum atomic E-state index is 12.2. The van der Waals surface area contributed by atoms with E-state index in [0.717, 1.165) is 0 Å². The molecule has 2 rings (SSSR count). The van der Waals surface area contributed by atoms with Crippen LogP contribution >= 0.6 is 0 Å². The van der Waals surface area contributed by atoms with Crippen molar-refractivity contribution < 1.29 is 59.4 Å². The molecule has 8 nitrogen and oxygen atoms in total. The summed E-state index contributed by atoms with van der Waals surface area (Å²) in [7, 11) is 0. The Labute approximate surface area is 168 Å². The van der Waals surface area contributed by atoms with Gasteiger partial charge in [-0.05, 0) is 0 Å². The quantitative estimate of drug-likeness (QED) is 0.303. The van der Waals surface area contributed by atoms with Crippen molar-refractivity contribution in [3.8, 4) is 11.5 Å². The fourth-order valence-corrected chi connectivity index (χ4v) is 4.32. The molecule has 0 amide bonds. The number of carbonyl (C=O) groups is 4. The van der Waals surface area contributed by atoms with E-state index in [4.69, 9.17) is 14.8 Å². The number of rotatable bonds is 6. The molecule has 136 valence electrons. The molecular formula is C18H14HgO8. The summed E-state index contributed by atoms with van der Waals surface area (Å²) in [5.41, 5.74) is 0.119. The predicted molar refractivity (Wildman–Crippen MR) is 86.3 cm³/mol. The average Bonchev–Trinajstić information content (AvgIpc) is 2.61. The first-order valence-corrected chi connectivity index (χ1v) is 12.3. The number of ether oxygens (including phenoxy) is 2. The van der Waals surface area contributed by atoms with Crippen LogP contribution in [0.4, 0.5) is 0 Å². The van der Waals surface area contributed by atoms with Gasteiger partial charge < -0.3 is 0 Å². The van der Waals surface area contributed by atoms with Crippen LogP contribution in [0.2, 0.25) is 0 Å². The van der Waals surface area contributed by atoms with Crippen LogP contribution < -0.4 is 9.47 Å². The van der Waals surface area contributed by atoms with Crippen LogP contribution in [0.3, 0.4) is 0 Å². The van der Waals surface area contributed by atoms with Gasteiger partial charge in [-0.25, -0.2) is 0 Å². The molecule has 0 atom stereocenters. The summed E-state index contributed by atoms with van der Waals surface area (Å²) < 4.78 is 20.1. The second-order valence-corrected chi connectivity index (χ2v) is 8.32. The third-order valence-corrected chi connectivity index (χ3v) is 6.06. The van der Waals surface area contributed by atoms with Gasteiger partial charge in [0.25, 0.3) is 0 Å². The van der Waals surface area contributed by atoms with E-state index in [-0.39, 0.29) is 22.6 Å². The summed E-state index contributed by atoms with van der Waals surface area (Å²) >= 11 is -2.85. The van der Waals surface area contributed by atoms with Crippen LogP contribution in [0.1, 0.15) is 34.6 Å². The molecule has 0 saturated heterocycles.